The molecule has 0 radical (unpaired) electrons. The van der Waals surface area contributed by atoms with E-state index in [0.29, 0.717) is 5.52 Å². The summed E-state index contributed by atoms with van der Waals surface area (Å²) in [5.41, 5.74) is -0.795. The van der Waals surface area contributed by atoms with Crippen LogP contribution in [0.3, 0.4) is 0 Å². The lowest BCUT2D eigenvalue weighted by atomic mass is 10.2. The van der Waals surface area contributed by atoms with Gasteiger partial charge in [-0.1, -0.05) is 17.7 Å². The van der Waals surface area contributed by atoms with Crippen LogP contribution in [0.15, 0.2) is 27.8 Å². The molecule has 17 heavy (non-hydrogen) atoms. The molecule has 1 aromatic carbocycles. The third kappa shape index (κ3) is 2.01. The molecule has 0 aliphatic carbocycles. The first-order chi connectivity index (χ1) is 8.00. The topological polar surface area (TPSA) is 71.9 Å². The number of benzene rings is 1. The molecule has 2 rings (SSSR count). The number of carbonyl (C=O) groups excluding carboxylic acids is 1. The van der Waals surface area contributed by atoms with E-state index in [4.69, 9.17) is 11.6 Å². The molecule has 0 aliphatic rings. The average Bonchev–Trinajstić information content (AvgIpc) is 2.23. The molecule has 5 nitrogen and oxygen atoms in total. The number of rotatable bonds is 2. The van der Waals surface area contributed by atoms with Crippen LogP contribution in [0.2, 0.25) is 5.02 Å². The number of H-pyrrole nitrogens is 1. The highest BCUT2D eigenvalue weighted by Gasteiger charge is 2.11. The molecule has 0 aliphatic heterocycles. The fourth-order valence-electron chi connectivity index (χ4n) is 1.62. The van der Waals surface area contributed by atoms with Gasteiger partial charge in [-0.3, -0.25) is 14.2 Å². The Hall–Kier alpha value is -1.88. The molecule has 88 valence electrons. The van der Waals surface area contributed by atoms with Crippen molar-refractivity contribution in [1.82, 2.24) is 9.55 Å². The van der Waals surface area contributed by atoms with Crippen LogP contribution < -0.4 is 11.2 Å². The van der Waals surface area contributed by atoms with Crippen LogP contribution in [-0.2, 0) is 11.3 Å². The van der Waals surface area contributed by atoms with Crippen molar-refractivity contribution in [3.63, 3.8) is 0 Å². The molecule has 1 N–H and O–H groups in total. The van der Waals surface area contributed by atoms with E-state index in [2.05, 4.69) is 4.98 Å². The first kappa shape index (κ1) is 11.6. The van der Waals surface area contributed by atoms with Crippen LogP contribution in [-0.4, -0.2) is 15.3 Å². The first-order valence-corrected chi connectivity index (χ1v) is 5.29. The number of hydrogen-bond acceptors (Lipinski definition) is 3. The number of aromatic nitrogens is 2. The van der Waals surface area contributed by atoms with Gasteiger partial charge >= 0.3 is 5.69 Å². The number of halogens is 1. The summed E-state index contributed by atoms with van der Waals surface area (Å²) in [7, 11) is 0. The maximum atomic E-state index is 12.0. The van der Waals surface area contributed by atoms with E-state index in [9.17, 15) is 14.4 Å². The van der Waals surface area contributed by atoms with Crippen LogP contribution in [0, 0.1) is 0 Å². The summed E-state index contributed by atoms with van der Waals surface area (Å²) in [4.78, 5) is 37.1. The Kier molecular flexibility index (Phi) is 2.85. The van der Waals surface area contributed by atoms with Gasteiger partial charge in [0.15, 0.2) is 0 Å². The highest BCUT2D eigenvalue weighted by Crippen LogP contribution is 2.16. The lowest BCUT2D eigenvalue weighted by molar-refractivity contribution is -0.117. The largest absolute Gasteiger partial charge is 0.329 e. The van der Waals surface area contributed by atoms with Crippen molar-refractivity contribution in [2.24, 2.45) is 0 Å². The Labute approximate surface area is 101 Å². The summed E-state index contributed by atoms with van der Waals surface area (Å²) < 4.78 is 0.844. The van der Waals surface area contributed by atoms with Crippen molar-refractivity contribution in [2.45, 2.75) is 13.5 Å². The first-order valence-electron chi connectivity index (χ1n) is 4.91. The van der Waals surface area contributed by atoms with Crippen LogP contribution in [0.4, 0.5) is 0 Å². The second kappa shape index (κ2) is 4.18. The number of aromatic amines is 1. The lowest BCUT2D eigenvalue weighted by Gasteiger charge is -2.04. The molecule has 1 aromatic heterocycles. The van der Waals surface area contributed by atoms with E-state index in [-0.39, 0.29) is 22.7 Å². The smallest absolute Gasteiger partial charge is 0.307 e. The number of hydrogen-bond donors (Lipinski definition) is 1. The Morgan fingerprint density at radius 3 is 2.76 bits per heavy atom. The summed E-state index contributed by atoms with van der Waals surface area (Å²) in [6.07, 6.45) is 0. The molecule has 0 saturated carbocycles. The number of ketones is 1. The molecule has 2 aromatic rings. The molecule has 0 bridgehead atoms. The fraction of sp³-hybridized carbons (Fsp3) is 0.182. The molecule has 0 saturated heterocycles. The van der Waals surface area contributed by atoms with Gasteiger partial charge in [0.2, 0.25) is 0 Å². The normalized spacial score (nSPS) is 10.7. The minimum Gasteiger partial charge on any atom is -0.307 e. The Bertz CT molecular complexity index is 715. The molecule has 0 spiro atoms. The van der Waals surface area contributed by atoms with E-state index in [1.807, 2.05) is 0 Å². The van der Waals surface area contributed by atoms with E-state index in [1.54, 1.807) is 18.2 Å². The summed E-state index contributed by atoms with van der Waals surface area (Å²) in [6.45, 7) is 1.05. The summed E-state index contributed by atoms with van der Waals surface area (Å²) >= 11 is 5.90. The van der Waals surface area contributed by atoms with E-state index >= 15 is 0 Å². The molecule has 0 atom stereocenters. The Morgan fingerprint density at radius 2 is 2.12 bits per heavy atom. The van der Waals surface area contributed by atoms with Crippen LogP contribution >= 0.6 is 11.6 Å². The summed E-state index contributed by atoms with van der Waals surface area (Å²) in [6, 6.07) is 4.78. The average molecular weight is 253 g/mol. The second-order valence-corrected chi connectivity index (χ2v) is 4.09. The Balaban J connectivity index is 2.88. The lowest BCUT2D eigenvalue weighted by Crippen LogP contribution is -2.36. The van der Waals surface area contributed by atoms with Crippen molar-refractivity contribution >= 4 is 28.3 Å². The standard InChI is InChI=1S/C11H9ClN2O3/c1-6(15)5-14-10(16)9-7(12)3-2-4-8(9)13-11(14)17/h2-4H,5H2,1H3,(H,13,17). The van der Waals surface area contributed by atoms with Crippen LogP contribution in [0.25, 0.3) is 10.9 Å². The minimum absolute atomic E-state index is 0.218. The quantitative estimate of drug-likeness (QED) is 0.864. The van der Waals surface area contributed by atoms with Gasteiger partial charge < -0.3 is 4.98 Å². The number of Topliss-reactive ketones (excluding diaryl/α,β-unsaturated/α-hetero) is 1. The highest BCUT2D eigenvalue weighted by atomic mass is 35.5. The van der Waals surface area contributed by atoms with Gasteiger partial charge in [-0.2, -0.15) is 0 Å². The van der Waals surface area contributed by atoms with Crippen LogP contribution in [0.5, 0.6) is 0 Å². The van der Waals surface area contributed by atoms with Gasteiger partial charge in [0.1, 0.15) is 5.78 Å². The van der Waals surface area contributed by atoms with Crippen molar-refractivity contribution < 1.29 is 4.79 Å². The summed E-state index contributed by atoms with van der Waals surface area (Å²) in [5, 5.41) is 0.469. The second-order valence-electron chi connectivity index (χ2n) is 3.69. The van der Waals surface area contributed by atoms with Crippen molar-refractivity contribution in [1.29, 1.82) is 0 Å². The molecule has 0 amide bonds. The SMILES string of the molecule is CC(=O)Cn1c(=O)[nH]c2cccc(Cl)c2c1=O. The predicted octanol–water partition coefficient (Wildman–Crippen LogP) is 0.932. The molecule has 1 heterocycles. The zero-order valence-electron chi connectivity index (χ0n) is 8.99. The van der Waals surface area contributed by atoms with E-state index in [1.165, 1.54) is 6.92 Å². The predicted molar refractivity (Wildman–Crippen MR) is 64.5 cm³/mol. The molecular formula is C11H9ClN2O3. The highest BCUT2D eigenvalue weighted by molar-refractivity contribution is 6.35. The Morgan fingerprint density at radius 1 is 1.41 bits per heavy atom. The number of nitrogens with zero attached hydrogens (tertiary/aromatic N) is 1. The monoisotopic (exact) mass is 252 g/mol. The maximum absolute atomic E-state index is 12.0. The van der Waals surface area contributed by atoms with Crippen LogP contribution in [0.1, 0.15) is 6.92 Å². The zero-order chi connectivity index (χ0) is 12.6. The molecular weight excluding hydrogens is 244 g/mol. The molecule has 0 fully saturated rings. The maximum Gasteiger partial charge on any atom is 0.329 e. The number of nitrogens with one attached hydrogen (secondary N) is 1. The number of carbonyl (C=O) groups is 1. The van der Waals surface area contributed by atoms with Crippen molar-refractivity contribution in [3.8, 4) is 0 Å². The summed E-state index contributed by atoms with van der Waals surface area (Å²) in [5.74, 6) is -0.274. The zero-order valence-corrected chi connectivity index (χ0v) is 9.75. The minimum atomic E-state index is -0.611. The third-order valence-corrected chi connectivity index (χ3v) is 2.66. The third-order valence-electron chi connectivity index (χ3n) is 2.34. The van der Waals surface area contributed by atoms with Gasteiger partial charge in [-0.15, -0.1) is 0 Å². The number of fused-ring (bicyclic) bond motifs is 1. The molecule has 0 unspecified atom stereocenters. The van der Waals surface area contributed by atoms with Gasteiger partial charge in [0, 0.05) is 0 Å². The van der Waals surface area contributed by atoms with Gasteiger partial charge in [-0.05, 0) is 19.1 Å². The van der Waals surface area contributed by atoms with Gasteiger partial charge in [0.05, 0.1) is 22.5 Å². The molecule has 6 heteroatoms. The van der Waals surface area contributed by atoms with Crippen molar-refractivity contribution in [2.75, 3.05) is 0 Å². The fourth-order valence-corrected chi connectivity index (χ4v) is 1.88. The van der Waals surface area contributed by atoms with E-state index in [0.717, 1.165) is 4.57 Å². The van der Waals surface area contributed by atoms with Crippen molar-refractivity contribution in [3.05, 3.63) is 44.1 Å². The van der Waals surface area contributed by atoms with Gasteiger partial charge in [-0.25, -0.2) is 4.79 Å². The van der Waals surface area contributed by atoms with E-state index < -0.39 is 11.2 Å². The van der Waals surface area contributed by atoms with Gasteiger partial charge in [0.25, 0.3) is 5.56 Å².